The minimum atomic E-state index is 0.00659. The number of carbonyl (C=O) groups is 1. The molecule has 0 saturated carbocycles. The summed E-state index contributed by atoms with van der Waals surface area (Å²) in [5, 5.41) is 12.1. The largest absolute Gasteiger partial charge is 0.349 e. The van der Waals surface area contributed by atoms with Crippen LogP contribution in [0.25, 0.3) is 0 Å². The fraction of sp³-hybridized carbons (Fsp3) is 0.353. The van der Waals surface area contributed by atoms with Gasteiger partial charge in [-0.05, 0) is 12.5 Å². The molecule has 2 rings (SSSR count). The van der Waals surface area contributed by atoms with Gasteiger partial charge in [-0.1, -0.05) is 54.6 Å². The van der Waals surface area contributed by atoms with E-state index in [9.17, 15) is 4.79 Å². The molecule has 0 aliphatic rings. The molecule has 1 aromatic carbocycles. The van der Waals surface area contributed by atoms with Crippen LogP contribution >= 0.6 is 11.8 Å². The first-order valence-corrected chi connectivity index (χ1v) is 8.60. The molecule has 1 N–H and O–H groups in total. The lowest BCUT2D eigenvalue weighted by Crippen LogP contribution is -2.23. The molecule has 2 aromatic rings. The molecule has 0 bridgehead atoms. The average molecular weight is 330 g/mol. The van der Waals surface area contributed by atoms with Crippen LogP contribution in [0.2, 0.25) is 0 Å². The van der Waals surface area contributed by atoms with Crippen LogP contribution < -0.4 is 5.32 Å². The summed E-state index contributed by atoms with van der Waals surface area (Å²) in [6.07, 6.45) is 2.27. The summed E-state index contributed by atoms with van der Waals surface area (Å²) in [5.74, 6) is 1.59. The van der Waals surface area contributed by atoms with Crippen LogP contribution in [0.5, 0.6) is 0 Å². The first kappa shape index (κ1) is 17.3. The average Bonchev–Trinajstić information content (AvgIpc) is 2.93. The second-order valence-corrected chi connectivity index (χ2v) is 6.15. The predicted octanol–water partition coefficient (Wildman–Crippen LogP) is 3.09. The molecule has 0 spiro atoms. The summed E-state index contributed by atoms with van der Waals surface area (Å²) in [6, 6.07) is 8.43. The molecule has 122 valence electrons. The Morgan fingerprint density at radius 1 is 1.43 bits per heavy atom. The Morgan fingerprint density at radius 3 is 2.96 bits per heavy atom. The van der Waals surface area contributed by atoms with Gasteiger partial charge in [0.15, 0.2) is 11.0 Å². The lowest BCUT2D eigenvalue weighted by Gasteiger charge is -2.08. The van der Waals surface area contributed by atoms with Crippen LogP contribution in [0.3, 0.4) is 0 Å². The van der Waals surface area contributed by atoms with Gasteiger partial charge in [-0.2, -0.15) is 0 Å². The van der Waals surface area contributed by atoms with Gasteiger partial charge in [0.1, 0.15) is 0 Å². The highest BCUT2D eigenvalue weighted by Crippen LogP contribution is 2.22. The summed E-state index contributed by atoms with van der Waals surface area (Å²) >= 11 is 1.64. The molecule has 0 unspecified atom stereocenters. The van der Waals surface area contributed by atoms with Crippen molar-refractivity contribution >= 4 is 17.7 Å². The zero-order valence-electron chi connectivity index (χ0n) is 13.6. The Morgan fingerprint density at radius 2 is 2.26 bits per heavy atom. The van der Waals surface area contributed by atoms with E-state index in [-0.39, 0.29) is 5.91 Å². The van der Waals surface area contributed by atoms with Crippen LogP contribution in [0.4, 0.5) is 0 Å². The predicted molar refractivity (Wildman–Crippen MR) is 93.1 cm³/mol. The molecule has 0 radical (unpaired) electrons. The summed E-state index contributed by atoms with van der Waals surface area (Å²) in [6.45, 7) is 8.71. The van der Waals surface area contributed by atoms with Gasteiger partial charge in [-0.3, -0.25) is 4.79 Å². The maximum atomic E-state index is 11.4. The van der Waals surface area contributed by atoms with Crippen LogP contribution in [0.1, 0.15) is 30.3 Å². The maximum absolute atomic E-state index is 11.4. The van der Waals surface area contributed by atoms with Crippen molar-refractivity contribution in [3.8, 4) is 0 Å². The van der Waals surface area contributed by atoms with Crippen molar-refractivity contribution in [2.45, 2.75) is 44.3 Å². The number of allylic oxidation sites excluding steroid dienone is 1. The summed E-state index contributed by atoms with van der Waals surface area (Å²) in [5.41, 5.74) is 2.50. The van der Waals surface area contributed by atoms with E-state index >= 15 is 0 Å². The van der Waals surface area contributed by atoms with Crippen molar-refractivity contribution in [2.24, 2.45) is 0 Å². The van der Waals surface area contributed by atoms with Gasteiger partial charge in [-0.25, -0.2) is 0 Å². The Labute approximate surface area is 141 Å². The van der Waals surface area contributed by atoms with Gasteiger partial charge >= 0.3 is 0 Å². The quantitative estimate of drug-likeness (QED) is 0.597. The first-order valence-electron chi connectivity index (χ1n) is 7.62. The Hall–Kier alpha value is -2.08. The second kappa shape index (κ2) is 8.53. The van der Waals surface area contributed by atoms with E-state index in [2.05, 4.69) is 53.3 Å². The smallest absolute Gasteiger partial charge is 0.220 e. The van der Waals surface area contributed by atoms with Gasteiger partial charge < -0.3 is 9.88 Å². The standard InChI is InChI=1S/C17H22N4OS/c1-4-9-21-15(11-18-16(22)5-2)19-20-17(21)23-12-14-8-6-7-13(3)10-14/h4,6-8,10H,1,5,9,11-12H2,2-3H3,(H,18,22). The molecule has 6 heteroatoms. The van der Waals surface area contributed by atoms with Crippen molar-refractivity contribution in [2.75, 3.05) is 0 Å². The minimum Gasteiger partial charge on any atom is -0.349 e. The highest BCUT2D eigenvalue weighted by Gasteiger charge is 2.12. The number of hydrogen-bond acceptors (Lipinski definition) is 4. The van der Waals surface area contributed by atoms with Crippen molar-refractivity contribution in [1.82, 2.24) is 20.1 Å². The first-order chi connectivity index (χ1) is 11.1. The van der Waals surface area contributed by atoms with E-state index in [4.69, 9.17) is 0 Å². The second-order valence-electron chi connectivity index (χ2n) is 5.21. The van der Waals surface area contributed by atoms with Gasteiger partial charge in [0.05, 0.1) is 6.54 Å². The van der Waals surface area contributed by atoms with Crippen molar-refractivity contribution in [1.29, 1.82) is 0 Å². The van der Waals surface area contributed by atoms with Gasteiger partial charge in [0.25, 0.3) is 0 Å². The van der Waals surface area contributed by atoms with Crippen molar-refractivity contribution in [3.05, 3.63) is 53.9 Å². The molecule has 23 heavy (non-hydrogen) atoms. The highest BCUT2D eigenvalue weighted by molar-refractivity contribution is 7.98. The molecule has 0 aliphatic heterocycles. The molecule has 0 saturated heterocycles. The monoisotopic (exact) mass is 330 g/mol. The number of aryl methyl sites for hydroxylation is 1. The molecular formula is C17H22N4OS. The number of rotatable bonds is 8. The Kier molecular flexibility index (Phi) is 6.40. The number of carbonyl (C=O) groups excluding carboxylic acids is 1. The Bertz CT molecular complexity index is 681. The molecular weight excluding hydrogens is 308 g/mol. The SMILES string of the molecule is C=CCn1c(CNC(=O)CC)nnc1SCc1cccc(C)c1. The lowest BCUT2D eigenvalue weighted by atomic mass is 10.2. The van der Waals surface area contributed by atoms with E-state index in [0.29, 0.717) is 19.5 Å². The van der Waals surface area contributed by atoms with E-state index in [1.807, 2.05) is 17.6 Å². The number of benzene rings is 1. The number of thioether (sulfide) groups is 1. The van der Waals surface area contributed by atoms with Crippen LogP contribution in [0, 0.1) is 6.92 Å². The Balaban J connectivity index is 2.07. The fourth-order valence-corrected chi connectivity index (χ4v) is 3.03. The van der Waals surface area contributed by atoms with Crippen molar-refractivity contribution < 1.29 is 4.79 Å². The minimum absolute atomic E-state index is 0.00659. The van der Waals surface area contributed by atoms with Crippen LogP contribution in [-0.2, 0) is 23.6 Å². The van der Waals surface area contributed by atoms with E-state index in [0.717, 1.165) is 16.7 Å². The molecule has 0 atom stereocenters. The normalized spacial score (nSPS) is 10.5. The van der Waals surface area contributed by atoms with Gasteiger partial charge in [0, 0.05) is 18.7 Å². The number of hydrogen-bond donors (Lipinski definition) is 1. The number of nitrogens with one attached hydrogen (secondary N) is 1. The molecule has 1 amide bonds. The third kappa shape index (κ3) is 4.96. The molecule has 5 nitrogen and oxygen atoms in total. The zero-order valence-corrected chi connectivity index (χ0v) is 14.4. The van der Waals surface area contributed by atoms with E-state index in [1.54, 1.807) is 11.8 Å². The maximum Gasteiger partial charge on any atom is 0.220 e. The summed E-state index contributed by atoms with van der Waals surface area (Å²) in [7, 11) is 0. The summed E-state index contributed by atoms with van der Waals surface area (Å²) in [4.78, 5) is 11.4. The van der Waals surface area contributed by atoms with Gasteiger partial charge in [0.2, 0.25) is 5.91 Å². The molecule has 0 aliphatic carbocycles. The number of nitrogens with zero attached hydrogens (tertiary/aromatic N) is 3. The number of aromatic nitrogens is 3. The zero-order chi connectivity index (χ0) is 16.7. The molecule has 0 fully saturated rings. The summed E-state index contributed by atoms with van der Waals surface area (Å²) < 4.78 is 1.99. The molecule has 1 heterocycles. The third-order valence-electron chi connectivity index (χ3n) is 3.32. The van der Waals surface area contributed by atoms with Crippen LogP contribution in [0.15, 0.2) is 42.1 Å². The van der Waals surface area contributed by atoms with E-state index in [1.165, 1.54) is 11.1 Å². The van der Waals surface area contributed by atoms with Gasteiger partial charge in [-0.15, -0.1) is 16.8 Å². The molecule has 1 aromatic heterocycles. The van der Waals surface area contributed by atoms with Crippen molar-refractivity contribution in [3.63, 3.8) is 0 Å². The van der Waals surface area contributed by atoms with Crippen LogP contribution in [-0.4, -0.2) is 20.7 Å². The fourth-order valence-electron chi connectivity index (χ4n) is 2.12. The third-order valence-corrected chi connectivity index (χ3v) is 4.36. The highest BCUT2D eigenvalue weighted by atomic mass is 32.2. The van der Waals surface area contributed by atoms with E-state index < -0.39 is 0 Å². The number of amides is 1. The lowest BCUT2D eigenvalue weighted by molar-refractivity contribution is -0.120. The topological polar surface area (TPSA) is 59.8 Å².